The van der Waals surface area contributed by atoms with Gasteiger partial charge in [-0.1, -0.05) is 12.1 Å². The molecule has 2 rings (SSSR count). The summed E-state index contributed by atoms with van der Waals surface area (Å²) in [5.74, 6) is -0.952. The van der Waals surface area contributed by atoms with Gasteiger partial charge in [0.15, 0.2) is 0 Å². The first-order valence-corrected chi connectivity index (χ1v) is 6.45. The summed E-state index contributed by atoms with van der Waals surface area (Å²) in [6.07, 6.45) is 0. The van der Waals surface area contributed by atoms with E-state index in [1.165, 1.54) is 0 Å². The van der Waals surface area contributed by atoms with Gasteiger partial charge in [0.2, 0.25) is 0 Å². The van der Waals surface area contributed by atoms with Gasteiger partial charge in [-0.05, 0) is 42.8 Å². The lowest BCUT2D eigenvalue weighted by Crippen LogP contribution is -2.29. The molecule has 1 unspecified atom stereocenters. The molecule has 1 atom stereocenters. The number of nitrogens with zero attached hydrogens (tertiary/aromatic N) is 1. The molecule has 2 nitrogen and oxygen atoms in total. The largest absolute Gasteiger partial charge is 0.373 e. The molecule has 0 spiro atoms. The summed E-state index contributed by atoms with van der Waals surface area (Å²) in [6.45, 7) is 2.41. The van der Waals surface area contributed by atoms with E-state index in [-0.39, 0.29) is 5.56 Å². The number of rotatable bonds is 4. The van der Waals surface area contributed by atoms with Crippen molar-refractivity contribution in [3.05, 3.63) is 65.2 Å². The number of benzene rings is 2. The van der Waals surface area contributed by atoms with Crippen molar-refractivity contribution < 1.29 is 8.78 Å². The van der Waals surface area contributed by atoms with Crippen molar-refractivity contribution in [2.45, 2.75) is 13.0 Å². The van der Waals surface area contributed by atoms with Crippen LogP contribution in [0.15, 0.2) is 42.5 Å². The standard InChI is InChI=1S/C16H18F2N2/c1-11-4-3-5-13(8-11)20(2)10-16(19)14-9-12(17)6-7-15(14)18/h3-9,16H,10,19H2,1-2H3. The minimum atomic E-state index is -0.587. The van der Waals surface area contributed by atoms with Crippen LogP contribution in [0.2, 0.25) is 0 Å². The van der Waals surface area contributed by atoms with Crippen LogP contribution in [0.3, 0.4) is 0 Å². The molecule has 0 fully saturated rings. The minimum Gasteiger partial charge on any atom is -0.373 e. The van der Waals surface area contributed by atoms with Crippen molar-refractivity contribution in [3.8, 4) is 0 Å². The Kier molecular flexibility index (Phi) is 4.35. The highest BCUT2D eigenvalue weighted by Crippen LogP contribution is 2.20. The van der Waals surface area contributed by atoms with E-state index >= 15 is 0 Å². The average Bonchev–Trinajstić information content (AvgIpc) is 2.41. The maximum Gasteiger partial charge on any atom is 0.128 e. The third-order valence-corrected chi connectivity index (χ3v) is 3.27. The zero-order valence-corrected chi connectivity index (χ0v) is 11.6. The second-order valence-corrected chi connectivity index (χ2v) is 4.99. The predicted molar refractivity (Wildman–Crippen MR) is 77.7 cm³/mol. The van der Waals surface area contributed by atoms with E-state index < -0.39 is 17.7 Å². The van der Waals surface area contributed by atoms with Crippen LogP contribution in [-0.4, -0.2) is 13.6 Å². The Morgan fingerprint density at radius 2 is 1.90 bits per heavy atom. The number of nitrogens with two attached hydrogens (primary N) is 1. The van der Waals surface area contributed by atoms with Crippen LogP contribution in [0.25, 0.3) is 0 Å². The fourth-order valence-corrected chi connectivity index (χ4v) is 2.16. The van der Waals surface area contributed by atoms with Crippen molar-refractivity contribution in [1.82, 2.24) is 0 Å². The van der Waals surface area contributed by atoms with Gasteiger partial charge in [0.1, 0.15) is 11.6 Å². The van der Waals surface area contributed by atoms with E-state index in [2.05, 4.69) is 0 Å². The fourth-order valence-electron chi connectivity index (χ4n) is 2.16. The fraction of sp³-hybridized carbons (Fsp3) is 0.250. The quantitative estimate of drug-likeness (QED) is 0.927. The smallest absolute Gasteiger partial charge is 0.128 e. The molecule has 2 aromatic rings. The molecule has 0 saturated heterocycles. The summed E-state index contributed by atoms with van der Waals surface area (Å²) in [6, 6.07) is 10.7. The average molecular weight is 276 g/mol. The van der Waals surface area contributed by atoms with Crippen LogP contribution < -0.4 is 10.6 Å². The molecule has 0 aliphatic heterocycles. The lowest BCUT2D eigenvalue weighted by atomic mass is 10.1. The number of halogens is 2. The Morgan fingerprint density at radius 3 is 2.60 bits per heavy atom. The third-order valence-electron chi connectivity index (χ3n) is 3.27. The highest BCUT2D eigenvalue weighted by atomic mass is 19.1. The van der Waals surface area contributed by atoms with Gasteiger partial charge in [-0.15, -0.1) is 0 Å². The topological polar surface area (TPSA) is 29.3 Å². The number of hydrogen-bond acceptors (Lipinski definition) is 2. The molecule has 2 N–H and O–H groups in total. The summed E-state index contributed by atoms with van der Waals surface area (Å²) in [5, 5.41) is 0. The maximum atomic E-state index is 13.7. The monoisotopic (exact) mass is 276 g/mol. The van der Waals surface area contributed by atoms with Gasteiger partial charge in [-0.3, -0.25) is 0 Å². The van der Waals surface area contributed by atoms with Crippen LogP contribution in [0.1, 0.15) is 17.2 Å². The van der Waals surface area contributed by atoms with Gasteiger partial charge in [-0.25, -0.2) is 8.78 Å². The molecule has 0 aliphatic carbocycles. The van der Waals surface area contributed by atoms with Crippen LogP contribution in [0.4, 0.5) is 14.5 Å². The summed E-state index contributed by atoms with van der Waals surface area (Å²) in [7, 11) is 1.88. The van der Waals surface area contributed by atoms with Gasteiger partial charge in [0.25, 0.3) is 0 Å². The van der Waals surface area contributed by atoms with Crippen LogP contribution in [-0.2, 0) is 0 Å². The molecule has 0 bridgehead atoms. The Hall–Kier alpha value is -1.94. The maximum absolute atomic E-state index is 13.7. The van der Waals surface area contributed by atoms with Crippen LogP contribution in [0, 0.1) is 18.6 Å². The molecule has 0 saturated carbocycles. The normalized spacial score (nSPS) is 12.2. The molecule has 106 valence electrons. The molecule has 0 aliphatic rings. The molecular formula is C16H18F2N2. The summed E-state index contributed by atoms with van der Waals surface area (Å²) >= 11 is 0. The molecule has 0 radical (unpaired) electrons. The SMILES string of the molecule is Cc1cccc(N(C)CC(N)c2cc(F)ccc2F)c1. The lowest BCUT2D eigenvalue weighted by Gasteiger charge is -2.24. The third kappa shape index (κ3) is 3.33. The Labute approximate surface area is 117 Å². The molecule has 20 heavy (non-hydrogen) atoms. The summed E-state index contributed by atoms with van der Waals surface area (Å²) < 4.78 is 26.9. The van der Waals surface area contributed by atoms with Crippen molar-refractivity contribution in [2.75, 3.05) is 18.5 Å². The number of aryl methyl sites for hydroxylation is 1. The van der Waals surface area contributed by atoms with E-state index in [4.69, 9.17) is 5.73 Å². The van der Waals surface area contributed by atoms with Crippen molar-refractivity contribution in [3.63, 3.8) is 0 Å². The van der Waals surface area contributed by atoms with E-state index in [9.17, 15) is 8.78 Å². The van der Waals surface area contributed by atoms with E-state index in [1.54, 1.807) is 0 Å². The zero-order chi connectivity index (χ0) is 14.7. The van der Waals surface area contributed by atoms with Crippen molar-refractivity contribution in [2.24, 2.45) is 5.73 Å². The second-order valence-electron chi connectivity index (χ2n) is 4.99. The first-order chi connectivity index (χ1) is 9.47. The Balaban J connectivity index is 2.15. The second kappa shape index (κ2) is 6.01. The number of likely N-dealkylation sites (N-methyl/N-ethyl adjacent to an activating group) is 1. The Bertz CT molecular complexity index is 599. The van der Waals surface area contributed by atoms with Crippen molar-refractivity contribution >= 4 is 5.69 Å². The van der Waals surface area contributed by atoms with Gasteiger partial charge < -0.3 is 10.6 Å². The Morgan fingerprint density at radius 1 is 1.15 bits per heavy atom. The van der Waals surface area contributed by atoms with E-state index in [1.807, 2.05) is 43.1 Å². The van der Waals surface area contributed by atoms with Crippen molar-refractivity contribution in [1.29, 1.82) is 0 Å². The summed E-state index contributed by atoms with van der Waals surface area (Å²) in [4.78, 5) is 1.93. The van der Waals surface area contributed by atoms with Gasteiger partial charge in [0.05, 0.1) is 6.04 Å². The van der Waals surface area contributed by atoms with Crippen LogP contribution in [0.5, 0.6) is 0 Å². The highest BCUT2D eigenvalue weighted by Gasteiger charge is 2.15. The van der Waals surface area contributed by atoms with E-state index in [0.29, 0.717) is 6.54 Å². The first kappa shape index (κ1) is 14.5. The highest BCUT2D eigenvalue weighted by molar-refractivity contribution is 5.48. The molecular weight excluding hydrogens is 258 g/mol. The van der Waals surface area contributed by atoms with Gasteiger partial charge in [0, 0.05) is 24.8 Å². The van der Waals surface area contributed by atoms with Gasteiger partial charge in [-0.2, -0.15) is 0 Å². The predicted octanol–water partition coefficient (Wildman–Crippen LogP) is 3.41. The van der Waals surface area contributed by atoms with Crippen LogP contribution >= 0.6 is 0 Å². The van der Waals surface area contributed by atoms with Gasteiger partial charge >= 0.3 is 0 Å². The molecule has 4 heteroatoms. The molecule has 0 aromatic heterocycles. The summed E-state index contributed by atoms with van der Waals surface area (Å²) in [5.41, 5.74) is 8.33. The number of anilines is 1. The zero-order valence-electron chi connectivity index (χ0n) is 11.6. The lowest BCUT2D eigenvalue weighted by molar-refractivity contribution is 0.561. The molecule has 0 amide bonds. The molecule has 0 heterocycles. The number of hydrogen-bond donors (Lipinski definition) is 1. The first-order valence-electron chi connectivity index (χ1n) is 6.45. The van der Waals surface area contributed by atoms with E-state index in [0.717, 1.165) is 29.4 Å². The molecule has 2 aromatic carbocycles. The minimum absolute atomic E-state index is 0.199.